The molecule has 3 rings (SSSR count). The van der Waals surface area contributed by atoms with Crippen LogP contribution in [0.3, 0.4) is 0 Å². The minimum absolute atomic E-state index is 0.252. The molecular formula is C17H14FNO. The second kappa shape index (κ2) is 5.70. The van der Waals surface area contributed by atoms with Crippen LogP contribution in [0.25, 0.3) is 10.9 Å². The molecule has 0 amide bonds. The second-order valence-electron chi connectivity index (χ2n) is 4.54. The lowest BCUT2D eigenvalue weighted by atomic mass is 10.1. The van der Waals surface area contributed by atoms with Crippen LogP contribution in [0.15, 0.2) is 60.8 Å². The number of aromatic nitrogens is 1. The normalized spacial score (nSPS) is 10.7. The van der Waals surface area contributed by atoms with Crippen molar-refractivity contribution in [3.63, 3.8) is 0 Å². The van der Waals surface area contributed by atoms with Gasteiger partial charge in [-0.05, 0) is 42.0 Å². The maximum Gasteiger partial charge on any atom is 0.123 e. The van der Waals surface area contributed by atoms with Gasteiger partial charge in [-0.3, -0.25) is 4.98 Å². The Balaban J connectivity index is 1.69. The quantitative estimate of drug-likeness (QED) is 0.713. The van der Waals surface area contributed by atoms with Gasteiger partial charge in [-0.1, -0.05) is 18.2 Å². The topological polar surface area (TPSA) is 22.1 Å². The van der Waals surface area contributed by atoms with Crippen molar-refractivity contribution in [2.45, 2.75) is 6.42 Å². The molecular weight excluding hydrogens is 253 g/mol. The number of hydrogen-bond donors (Lipinski definition) is 0. The highest BCUT2D eigenvalue weighted by Gasteiger charge is 2.02. The summed E-state index contributed by atoms with van der Waals surface area (Å²) in [6.45, 7) is 0.555. The summed E-state index contributed by atoms with van der Waals surface area (Å²) in [4.78, 5) is 4.34. The number of rotatable bonds is 4. The van der Waals surface area contributed by atoms with E-state index < -0.39 is 0 Å². The summed E-state index contributed by atoms with van der Waals surface area (Å²) >= 11 is 0. The molecule has 0 aliphatic rings. The summed E-state index contributed by atoms with van der Waals surface area (Å²) in [5.41, 5.74) is 2.20. The number of fused-ring (bicyclic) bond motifs is 1. The highest BCUT2D eigenvalue weighted by molar-refractivity contribution is 5.81. The molecule has 3 heteroatoms. The minimum Gasteiger partial charge on any atom is -0.493 e. The van der Waals surface area contributed by atoms with Crippen LogP contribution in [0, 0.1) is 5.82 Å². The summed E-state index contributed by atoms with van der Waals surface area (Å²) in [7, 11) is 0. The Morgan fingerprint density at radius 3 is 2.60 bits per heavy atom. The van der Waals surface area contributed by atoms with Crippen LogP contribution in [-0.2, 0) is 6.42 Å². The van der Waals surface area contributed by atoms with Crippen molar-refractivity contribution < 1.29 is 9.13 Å². The maximum atomic E-state index is 12.8. The lowest BCUT2D eigenvalue weighted by Gasteiger charge is -2.08. The molecule has 0 spiro atoms. The van der Waals surface area contributed by atoms with E-state index in [1.165, 1.54) is 17.7 Å². The molecule has 0 radical (unpaired) electrons. The average molecular weight is 267 g/mol. The number of para-hydroxylation sites is 1. The SMILES string of the molecule is Fc1ccc(OCCc2ccnc3ccccc23)cc1. The van der Waals surface area contributed by atoms with E-state index in [0.29, 0.717) is 12.4 Å². The molecule has 0 aliphatic heterocycles. The number of pyridine rings is 1. The van der Waals surface area contributed by atoms with Crippen LogP contribution >= 0.6 is 0 Å². The van der Waals surface area contributed by atoms with Crippen LogP contribution in [0.4, 0.5) is 4.39 Å². The Morgan fingerprint density at radius 2 is 1.75 bits per heavy atom. The number of hydrogen-bond acceptors (Lipinski definition) is 2. The van der Waals surface area contributed by atoms with Gasteiger partial charge in [-0.15, -0.1) is 0 Å². The first-order valence-electron chi connectivity index (χ1n) is 6.54. The van der Waals surface area contributed by atoms with Crippen molar-refractivity contribution in [2.75, 3.05) is 6.61 Å². The minimum atomic E-state index is -0.252. The molecule has 0 unspecified atom stereocenters. The van der Waals surface area contributed by atoms with Gasteiger partial charge in [0.1, 0.15) is 11.6 Å². The van der Waals surface area contributed by atoms with E-state index in [0.717, 1.165) is 17.3 Å². The molecule has 0 atom stereocenters. The third-order valence-electron chi connectivity index (χ3n) is 3.19. The van der Waals surface area contributed by atoms with Gasteiger partial charge in [0.2, 0.25) is 0 Å². The molecule has 3 aromatic rings. The van der Waals surface area contributed by atoms with Gasteiger partial charge < -0.3 is 4.74 Å². The molecule has 0 aliphatic carbocycles. The van der Waals surface area contributed by atoms with Crippen LogP contribution in [-0.4, -0.2) is 11.6 Å². The summed E-state index contributed by atoms with van der Waals surface area (Å²) in [5.74, 6) is 0.433. The monoisotopic (exact) mass is 267 g/mol. The zero-order valence-corrected chi connectivity index (χ0v) is 10.9. The predicted octanol–water partition coefficient (Wildman–Crippen LogP) is 4.00. The van der Waals surface area contributed by atoms with Gasteiger partial charge in [0, 0.05) is 18.0 Å². The van der Waals surface area contributed by atoms with E-state index in [9.17, 15) is 4.39 Å². The smallest absolute Gasteiger partial charge is 0.123 e. The zero-order valence-electron chi connectivity index (χ0n) is 10.9. The molecule has 0 fully saturated rings. The standard InChI is InChI=1S/C17H14FNO/c18-14-5-7-15(8-6-14)20-12-10-13-9-11-19-17-4-2-1-3-16(13)17/h1-9,11H,10,12H2. The molecule has 20 heavy (non-hydrogen) atoms. The van der Waals surface area contributed by atoms with E-state index in [1.807, 2.05) is 30.5 Å². The van der Waals surface area contributed by atoms with Gasteiger partial charge in [-0.25, -0.2) is 4.39 Å². The van der Waals surface area contributed by atoms with Crippen molar-refractivity contribution in [3.05, 3.63) is 72.2 Å². The van der Waals surface area contributed by atoms with Crippen LogP contribution < -0.4 is 4.74 Å². The average Bonchev–Trinajstić information content (AvgIpc) is 2.49. The molecule has 0 saturated heterocycles. The number of ether oxygens (including phenoxy) is 1. The van der Waals surface area contributed by atoms with Crippen molar-refractivity contribution in [1.82, 2.24) is 4.98 Å². The van der Waals surface area contributed by atoms with Crippen molar-refractivity contribution >= 4 is 10.9 Å². The van der Waals surface area contributed by atoms with E-state index in [-0.39, 0.29) is 5.82 Å². The van der Waals surface area contributed by atoms with Crippen molar-refractivity contribution in [3.8, 4) is 5.75 Å². The Bertz CT molecular complexity index is 704. The summed E-state index contributed by atoms with van der Waals surface area (Å²) in [6.07, 6.45) is 2.61. The lowest BCUT2D eigenvalue weighted by molar-refractivity contribution is 0.322. The maximum absolute atomic E-state index is 12.8. The molecule has 0 bridgehead atoms. The van der Waals surface area contributed by atoms with Crippen molar-refractivity contribution in [1.29, 1.82) is 0 Å². The van der Waals surface area contributed by atoms with E-state index in [4.69, 9.17) is 4.74 Å². The van der Waals surface area contributed by atoms with E-state index in [1.54, 1.807) is 12.1 Å². The Kier molecular flexibility index (Phi) is 3.59. The Morgan fingerprint density at radius 1 is 0.950 bits per heavy atom. The lowest BCUT2D eigenvalue weighted by Crippen LogP contribution is -2.02. The van der Waals surface area contributed by atoms with Gasteiger partial charge >= 0.3 is 0 Å². The number of nitrogens with zero attached hydrogens (tertiary/aromatic N) is 1. The van der Waals surface area contributed by atoms with E-state index in [2.05, 4.69) is 11.1 Å². The van der Waals surface area contributed by atoms with Crippen LogP contribution in [0.5, 0.6) is 5.75 Å². The summed E-state index contributed by atoms with van der Waals surface area (Å²) < 4.78 is 18.4. The van der Waals surface area contributed by atoms with Crippen LogP contribution in [0.1, 0.15) is 5.56 Å². The van der Waals surface area contributed by atoms with Gasteiger partial charge in [-0.2, -0.15) is 0 Å². The summed E-state index contributed by atoms with van der Waals surface area (Å²) in [6, 6.07) is 16.1. The van der Waals surface area contributed by atoms with Gasteiger partial charge in [0.25, 0.3) is 0 Å². The van der Waals surface area contributed by atoms with E-state index >= 15 is 0 Å². The molecule has 100 valence electrons. The fourth-order valence-corrected chi connectivity index (χ4v) is 2.18. The zero-order chi connectivity index (χ0) is 13.8. The molecule has 1 heterocycles. The first-order chi connectivity index (χ1) is 9.83. The first-order valence-corrected chi connectivity index (χ1v) is 6.54. The fourth-order valence-electron chi connectivity index (χ4n) is 2.18. The van der Waals surface area contributed by atoms with Gasteiger partial charge in [0.05, 0.1) is 12.1 Å². The number of halogens is 1. The Labute approximate surface area is 116 Å². The fraction of sp³-hybridized carbons (Fsp3) is 0.118. The molecule has 2 nitrogen and oxygen atoms in total. The highest BCUT2D eigenvalue weighted by atomic mass is 19.1. The molecule has 0 N–H and O–H groups in total. The van der Waals surface area contributed by atoms with Crippen molar-refractivity contribution in [2.24, 2.45) is 0 Å². The van der Waals surface area contributed by atoms with Crippen LogP contribution in [0.2, 0.25) is 0 Å². The second-order valence-corrected chi connectivity index (χ2v) is 4.54. The molecule has 2 aromatic carbocycles. The number of benzene rings is 2. The predicted molar refractivity (Wildman–Crippen MR) is 77.3 cm³/mol. The highest BCUT2D eigenvalue weighted by Crippen LogP contribution is 2.17. The molecule has 0 saturated carbocycles. The largest absolute Gasteiger partial charge is 0.493 e. The first kappa shape index (κ1) is 12.6. The summed E-state index contributed by atoms with van der Waals surface area (Å²) in [5, 5.41) is 1.15. The Hall–Kier alpha value is -2.42. The third kappa shape index (κ3) is 2.77. The third-order valence-corrected chi connectivity index (χ3v) is 3.19. The molecule has 1 aromatic heterocycles. The van der Waals surface area contributed by atoms with Gasteiger partial charge in [0.15, 0.2) is 0 Å².